The van der Waals surface area contributed by atoms with E-state index in [0.717, 1.165) is 51.8 Å². The van der Waals surface area contributed by atoms with Gasteiger partial charge in [0.2, 0.25) is 0 Å². The quantitative estimate of drug-likeness (QED) is 0.447. The Hall–Kier alpha value is -3.34. The molecule has 0 bridgehead atoms. The van der Waals surface area contributed by atoms with Gasteiger partial charge < -0.3 is 5.32 Å². The van der Waals surface area contributed by atoms with E-state index in [2.05, 4.69) is 27.4 Å². The maximum absolute atomic E-state index is 9.44. The lowest BCUT2D eigenvalue weighted by Gasteiger charge is -2.18. The average molecular weight is 459 g/mol. The molecule has 1 aromatic carbocycles. The van der Waals surface area contributed by atoms with Crippen LogP contribution in [0.3, 0.4) is 0 Å². The van der Waals surface area contributed by atoms with Crippen LogP contribution < -0.4 is 5.32 Å². The Labute approximate surface area is 195 Å². The molecule has 1 unspecified atom stereocenters. The third kappa shape index (κ3) is 3.62. The summed E-state index contributed by atoms with van der Waals surface area (Å²) in [6.45, 7) is 0.841. The molecule has 0 radical (unpaired) electrons. The van der Waals surface area contributed by atoms with E-state index in [1.54, 1.807) is 18.6 Å². The van der Waals surface area contributed by atoms with Gasteiger partial charge in [0.15, 0.2) is 0 Å². The van der Waals surface area contributed by atoms with Gasteiger partial charge in [0, 0.05) is 54.1 Å². The Bertz CT molecular complexity index is 1330. The van der Waals surface area contributed by atoms with E-state index in [0.29, 0.717) is 10.6 Å². The molecular weight excluding hydrogens is 440 g/mol. The normalized spacial score (nSPS) is 15.3. The SMILES string of the molecule is Cn1nc(-c2ccccn2)c2c1NCCSC2c1ccc(-c2ccncc2C#N)cc1Cl. The fraction of sp³-hybridized carbons (Fsp3) is 0.167. The van der Waals surface area contributed by atoms with E-state index >= 15 is 0 Å². The van der Waals surface area contributed by atoms with E-state index < -0.39 is 0 Å². The Morgan fingerprint density at radius 2 is 2.12 bits per heavy atom. The van der Waals surface area contributed by atoms with Crippen molar-refractivity contribution in [3.63, 3.8) is 0 Å². The highest BCUT2D eigenvalue weighted by molar-refractivity contribution is 7.99. The lowest BCUT2D eigenvalue weighted by Crippen LogP contribution is -2.06. The molecule has 4 aromatic rings. The molecule has 6 nitrogen and oxygen atoms in total. The lowest BCUT2D eigenvalue weighted by molar-refractivity contribution is 0.773. The number of anilines is 1. The van der Waals surface area contributed by atoms with Gasteiger partial charge in [-0.05, 0) is 35.4 Å². The molecule has 158 valence electrons. The van der Waals surface area contributed by atoms with Crippen molar-refractivity contribution < 1.29 is 0 Å². The van der Waals surface area contributed by atoms with Crippen LogP contribution in [0.5, 0.6) is 0 Å². The number of halogens is 1. The maximum atomic E-state index is 9.44. The summed E-state index contributed by atoms with van der Waals surface area (Å²) in [5.41, 5.74) is 6.04. The number of aromatic nitrogens is 4. The summed E-state index contributed by atoms with van der Waals surface area (Å²) < 4.78 is 1.89. The second-order valence-electron chi connectivity index (χ2n) is 7.40. The zero-order chi connectivity index (χ0) is 22.1. The Morgan fingerprint density at radius 1 is 1.22 bits per heavy atom. The molecule has 3 aromatic heterocycles. The van der Waals surface area contributed by atoms with Crippen LogP contribution in [-0.2, 0) is 7.05 Å². The molecule has 1 N–H and O–H groups in total. The third-order valence-electron chi connectivity index (χ3n) is 5.47. The molecule has 5 rings (SSSR count). The average Bonchev–Trinajstić information content (AvgIpc) is 3.01. The van der Waals surface area contributed by atoms with Crippen LogP contribution in [0, 0.1) is 11.3 Å². The van der Waals surface area contributed by atoms with Crippen LogP contribution in [0.25, 0.3) is 22.5 Å². The number of aryl methyl sites for hydroxylation is 1. The summed E-state index contributed by atoms with van der Waals surface area (Å²) in [4.78, 5) is 8.59. The molecule has 0 aliphatic carbocycles. The molecule has 8 heteroatoms. The van der Waals surface area contributed by atoms with Gasteiger partial charge in [0.05, 0.1) is 16.5 Å². The molecular formula is C24H19ClN6S. The molecule has 0 amide bonds. The van der Waals surface area contributed by atoms with Crippen molar-refractivity contribution in [3.05, 3.63) is 82.8 Å². The van der Waals surface area contributed by atoms with Gasteiger partial charge in [0.25, 0.3) is 0 Å². The number of nitrogens with zero attached hydrogens (tertiary/aromatic N) is 5. The Kier molecular flexibility index (Phi) is 5.56. The topological polar surface area (TPSA) is 79.4 Å². The standard InChI is InChI=1S/C24H19ClN6S/c1-31-24-21(22(30-31)20-4-2-3-8-28-20)23(32-11-10-29-24)18-6-5-15(12-19(18)25)17-7-9-27-14-16(17)13-26/h2-9,12,14,23,29H,10-11H2,1H3. The van der Waals surface area contributed by atoms with Crippen molar-refractivity contribution in [3.8, 4) is 28.6 Å². The van der Waals surface area contributed by atoms with Gasteiger partial charge in [-0.2, -0.15) is 10.4 Å². The first-order valence-corrected chi connectivity index (χ1v) is 11.6. The van der Waals surface area contributed by atoms with E-state index in [9.17, 15) is 5.26 Å². The van der Waals surface area contributed by atoms with E-state index in [1.165, 1.54) is 0 Å². The van der Waals surface area contributed by atoms with Gasteiger partial charge >= 0.3 is 0 Å². The van der Waals surface area contributed by atoms with Gasteiger partial charge in [-0.3, -0.25) is 14.6 Å². The van der Waals surface area contributed by atoms with E-state index in [1.807, 2.05) is 59.9 Å². The lowest BCUT2D eigenvalue weighted by atomic mass is 9.97. The highest BCUT2D eigenvalue weighted by atomic mass is 35.5. The molecule has 0 saturated carbocycles. The molecule has 4 heterocycles. The first kappa shape index (κ1) is 20.6. The molecule has 0 saturated heterocycles. The van der Waals surface area contributed by atoms with Crippen molar-refractivity contribution in [2.45, 2.75) is 5.25 Å². The van der Waals surface area contributed by atoms with E-state index in [-0.39, 0.29) is 5.25 Å². The van der Waals surface area contributed by atoms with Crippen LogP contribution in [-0.4, -0.2) is 32.0 Å². The second kappa shape index (κ2) is 8.65. The first-order valence-electron chi connectivity index (χ1n) is 10.1. The molecule has 0 spiro atoms. The third-order valence-corrected chi connectivity index (χ3v) is 7.06. The van der Waals surface area contributed by atoms with Crippen molar-refractivity contribution in [1.29, 1.82) is 5.26 Å². The number of benzene rings is 1. The minimum atomic E-state index is 0.000123. The Morgan fingerprint density at radius 3 is 2.91 bits per heavy atom. The second-order valence-corrected chi connectivity index (χ2v) is 9.02. The zero-order valence-electron chi connectivity index (χ0n) is 17.3. The number of nitrogens with one attached hydrogen (secondary N) is 1. The number of pyridine rings is 2. The molecule has 0 fully saturated rings. The fourth-order valence-electron chi connectivity index (χ4n) is 4.01. The van der Waals surface area contributed by atoms with Crippen molar-refractivity contribution in [2.24, 2.45) is 7.05 Å². The predicted molar refractivity (Wildman–Crippen MR) is 129 cm³/mol. The molecule has 1 aliphatic heterocycles. The number of nitriles is 1. The number of fused-ring (bicyclic) bond motifs is 1. The Balaban J connectivity index is 1.63. The predicted octanol–water partition coefficient (Wildman–Crippen LogP) is 5.32. The highest BCUT2D eigenvalue weighted by Crippen LogP contribution is 2.47. The minimum absolute atomic E-state index is 0.000123. The van der Waals surface area contributed by atoms with Gasteiger partial charge in [0.1, 0.15) is 17.6 Å². The number of hydrogen-bond donors (Lipinski definition) is 1. The van der Waals surface area contributed by atoms with Gasteiger partial charge in [-0.15, -0.1) is 11.8 Å². The number of rotatable bonds is 3. The zero-order valence-corrected chi connectivity index (χ0v) is 18.9. The number of hydrogen-bond acceptors (Lipinski definition) is 6. The van der Waals surface area contributed by atoms with Crippen molar-refractivity contribution in [1.82, 2.24) is 19.7 Å². The van der Waals surface area contributed by atoms with Crippen molar-refractivity contribution in [2.75, 3.05) is 17.6 Å². The maximum Gasteiger partial charge on any atom is 0.129 e. The highest BCUT2D eigenvalue weighted by Gasteiger charge is 2.30. The smallest absolute Gasteiger partial charge is 0.129 e. The minimum Gasteiger partial charge on any atom is -0.369 e. The summed E-state index contributed by atoms with van der Waals surface area (Å²) >= 11 is 8.69. The fourth-order valence-corrected chi connectivity index (χ4v) is 5.59. The largest absolute Gasteiger partial charge is 0.369 e. The summed E-state index contributed by atoms with van der Waals surface area (Å²) in [5, 5.41) is 18.4. The van der Waals surface area contributed by atoms with Gasteiger partial charge in [-0.25, -0.2) is 0 Å². The summed E-state index contributed by atoms with van der Waals surface area (Å²) in [5.74, 6) is 1.92. The van der Waals surface area contributed by atoms with Crippen molar-refractivity contribution >= 4 is 29.2 Å². The summed E-state index contributed by atoms with van der Waals surface area (Å²) in [6, 6.07) is 15.9. The molecule has 1 atom stereocenters. The monoisotopic (exact) mass is 458 g/mol. The van der Waals surface area contributed by atoms with Crippen LogP contribution in [0.4, 0.5) is 5.82 Å². The number of thioether (sulfide) groups is 1. The molecule has 1 aliphatic rings. The summed E-state index contributed by atoms with van der Waals surface area (Å²) in [6.07, 6.45) is 5.04. The van der Waals surface area contributed by atoms with Crippen LogP contribution in [0.1, 0.15) is 21.9 Å². The van der Waals surface area contributed by atoms with Crippen LogP contribution in [0.15, 0.2) is 61.1 Å². The van der Waals surface area contributed by atoms with Gasteiger partial charge in [-0.1, -0.05) is 29.8 Å². The summed E-state index contributed by atoms with van der Waals surface area (Å²) in [7, 11) is 1.95. The van der Waals surface area contributed by atoms with E-state index in [4.69, 9.17) is 16.7 Å². The van der Waals surface area contributed by atoms with Crippen LogP contribution >= 0.6 is 23.4 Å². The first-order chi connectivity index (χ1) is 15.7. The van der Waals surface area contributed by atoms with Crippen LogP contribution in [0.2, 0.25) is 5.02 Å². The molecule has 32 heavy (non-hydrogen) atoms.